The number of benzene rings is 1. The van der Waals surface area contributed by atoms with Crippen LogP contribution in [0.4, 0.5) is 10.6 Å². The van der Waals surface area contributed by atoms with Gasteiger partial charge in [-0.15, -0.1) is 5.10 Å². The van der Waals surface area contributed by atoms with Crippen LogP contribution in [0.3, 0.4) is 0 Å². The zero-order chi connectivity index (χ0) is 15.9. The molecule has 0 aliphatic heterocycles. The number of aliphatic hydroxyl groups excluding tert-OH is 1. The van der Waals surface area contributed by atoms with Gasteiger partial charge in [0.2, 0.25) is 0 Å². The van der Waals surface area contributed by atoms with E-state index in [2.05, 4.69) is 15.7 Å². The van der Waals surface area contributed by atoms with Crippen LogP contribution in [0.5, 0.6) is 0 Å². The molecule has 0 saturated carbocycles. The number of aliphatic hydroxyl groups is 1. The summed E-state index contributed by atoms with van der Waals surface area (Å²) >= 11 is 0. The molecule has 6 heteroatoms. The summed E-state index contributed by atoms with van der Waals surface area (Å²) in [6.07, 6.45) is 3.24. The van der Waals surface area contributed by atoms with E-state index in [9.17, 15) is 4.79 Å². The van der Waals surface area contributed by atoms with E-state index in [0.29, 0.717) is 12.4 Å². The third kappa shape index (κ3) is 4.20. The van der Waals surface area contributed by atoms with E-state index in [1.54, 1.807) is 16.8 Å². The molecule has 2 rings (SSSR count). The van der Waals surface area contributed by atoms with Crippen molar-refractivity contribution in [3.8, 4) is 5.69 Å². The minimum atomic E-state index is -0.337. The van der Waals surface area contributed by atoms with Gasteiger partial charge in [0.1, 0.15) is 0 Å². The van der Waals surface area contributed by atoms with E-state index in [-0.39, 0.29) is 12.6 Å². The number of carbonyl (C=O) groups excluding carboxylic acids is 1. The maximum Gasteiger partial charge on any atom is 0.320 e. The number of urea groups is 1. The van der Waals surface area contributed by atoms with Crippen LogP contribution in [-0.2, 0) is 0 Å². The molecule has 116 valence electrons. The van der Waals surface area contributed by atoms with Crippen LogP contribution >= 0.6 is 0 Å². The molecule has 0 unspecified atom stereocenters. The molecule has 0 bridgehead atoms. The molecule has 3 N–H and O–H groups in total. The molecule has 1 heterocycles. The van der Waals surface area contributed by atoms with Crippen LogP contribution < -0.4 is 10.6 Å². The minimum Gasteiger partial charge on any atom is -0.392 e. The third-order valence-corrected chi connectivity index (χ3v) is 3.06. The number of aryl methyl sites for hydroxylation is 2. The molecule has 0 spiro atoms. The molecule has 22 heavy (non-hydrogen) atoms. The van der Waals surface area contributed by atoms with Gasteiger partial charge in [-0.3, -0.25) is 5.32 Å². The van der Waals surface area contributed by atoms with Crippen LogP contribution in [0.25, 0.3) is 5.69 Å². The first-order chi connectivity index (χ1) is 10.6. The fourth-order valence-corrected chi connectivity index (χ4v) is 1.95. The lowest BCUT2D eigenvalue weighted by Gasteiger charge is -2.05. The second-order valence-corrected chi connectivity index (χ2v) is 4.91. The summed E-state index contributed by atoms with van der Waals surface area (Å²) < 4.78 is 1.78. The molecule has 0 fully saturated rings. The van der Waals surface area contributed by atoms with Gasteiger partial charge >= 0.3 is 6.03 Å². The first kappa shape index (κ1) is 15.8. The standard InChI is InChI=1S/C16H20N4O2/c1-12-5-7-14(8-6-12)20-13(2)11-15(19-20)18-16(22)17-9-3-4-10-21/h3-8,11,21H,9-10H2,1-2H3,(H2,17,18,19,22)/b4-3+. The predicted octanol–water partition coefficient (Wildman–Crippen LogP) is 2.16. The van der Waals surface area contributed by atoms with Crippen LogP contribution in [0.15, 0.2) is 42.5 Å². The molecular weight excluding hydrogens is 280 g/mol. The Hall–Kier alpha value is -2.60. The number of carbonyl (C=O) groups is 1. The highest BCUT2D eigenvalue weighted by molar-refractivity contribution is 5.88. The van der Waals surface area contributed by atoms with Crippen LogP contribution in [0, 0.1) is 13.8 Å². The number of hydrogen-bond acceptors (Lipinski definition) is 3. The minimum absolute atomic E-state index is 0.0382. The lowest BCUT2D eigenvalue weighted by atomic mass is 10.2. The molecule has 1 aromatic heterocycles. The second-order valence-electron chi connectivity index (χ2n) is 4.91. The van der Waals surface area contributed by atoms with Crippen LogP contribution in [-0.4, -0.2) is 34.1 Å². The van der Waals surface area contributed by atoms with Gasteiger partial charge in [0.05, 0.1) is 12.3 Å². The first-order valence-corrected chi connectivity index (χ1v) is 7.04. The zero-order valence-electron chi connectivity index (χ0n) is 12.7. The Balaban J connectivity index is 2.02. The average molecular weight is 300 g/mol. The van der Waals surface area contributed by atoms with E-state index in [0.717, 1.165) is 11.4 Å². The Morgan fingerprint density at radius 3 is 2.68 bits per heavy atom. The fraction of sp³-hybridized carbons (Fsp3) is 0.250. The predicted molar refractivity (Wildman–Crippen MR) is 86.3 cm³/mol. The molecule has 6 nitrogen and oxygen atoms in total. The molecule has 2 aromatic rings. The molecule has 0 atom stereocenters. The normalized spacial score (nSPS) is 10.9. The van der Waals surface area contributed by atoms with Gasteiger partial charge in [0.15, 0.2) is 5.82 Å². The smallest absolute Gasteiger partial charge is 0.320 e. The number of anilines is 1. The topological polar surface area (TPSA) is 79.2 Å². The molecule has 0 aliphatic carbocycles. The lowest BCUT2D eigenvalue weighted by Crippen LogP contribution is -2.28. The molecule has 0 radical (unpaired) electrons. The van der Waals surface area contributed by atoms with Crippen molar-refractivity contribution in [1.82, 2.24) is 15.1 Å². The van der Waals surface area contributed by atoms with Gasteiger partial charge < -0.3 is 10.4 Å². The summed E-state index contributed by atoms with van der Waals surface area (Å²) in [6.45, 7) is 4.27. The molecule has 1 aromatic carbocycles. The third-order valence-electron chi connectivity index (χ3n) is 3.06. The quantitative estimate of drug-likeness (QED) is 0.740. The molecular formula is C16H20N4O2. The van der Waals surface area contributed by atoms with E-state index < -0.39 is 0 Å². The van der Waals surface area contributed by atoms with Crippen molar-refractivity contribution in [2.75, 3.05) is 18.5 Å². The zero-order valence-corrected chi connectivity index (χ0v) is 12.7. The van der Waals surface area contributed by atoms with Crippen molar-refractivity contribution in [2.45, 2.75) is 13.8 Å². The summed E-state index contributed by atoms with van der Waals surface area (Å²) in [5, 5.41) is 18.3. The van der Waals surface area contributed by atoms with Crippen LogP contribution in [0.1, 0.15) is 11.3 Å². The van der Waals surface area contributed by atoms with Crippen molar-refractivity contribution in [3.05, 3.63) is 53.7 Å². The largest absolute Gasteiger partial charge is 0.392 e. The van der Waals surface area contributed by atoms with Crippen molar-refractivity contribution in [2.24, 2.45) is 0 Å². The maximum absolute atomic E-state index is 11.7. The Kier molecular flexibility index (Phi) is 5.32. The summed E-state index contributed by atoms with van der Waals surface area (Å²) in [7, 11) is 0. The lowest BCUT2D eigenvalue weighted by molar-refractivity contribution is 0.253. The Labute approximate surface area is 129 Å². The highest BCUT2D eigenvalue weighted by Gasteiger charge is 2.08. The number of nitrogens with zero attached hydrogens (tertiary/aromatic N) is 2. The number of hydrogen-bond donors (Lipinski definition) is 3. The number of amides is 2. The molecule has 0 saturated heterocycles. The van der Waals surface area contributed by atoms with Crippen molar-refractivity contribution in [3.63, 3.8) is 0 Å². The highest BCUT2D eigenvalue weighted by atomic mass is 16.2. The Morgan fingerprint density at radius 2 is 2.00 bits per heavy atom. The van der Waals surface area contributed by atoms with E-state index >= 15 is 0 Å². The Morgan fingerprint density at radius 1 is 1.27 bits per heavy atom. The number of rotatable bonds is 5. The first-order valence-electron chi connectivity index (χ1n) is 7.04. The van der Waals surface area contributed by atoms with Crippen LogP contribution in [0.2, 0.25) is 0 Å². The van der Waals surface area contributed by atoms with Gasteiger partial charge in [0.25, 0.3) is 0 Å². The van der Waals surface area contributed by atoms with E-state index in [1.165, 1.54) is 5.56 Å². The van der Waals surface area contributed by atoms with Gasteiger partial charge in [-0.05, 0) is 26.0 Å². The highest BCUT2D eigenvalue weighted by Crippen LogP contribution is 2.15. The maximum atomic E-state index is 11.7. The summed E-state index contributed by atoms with van der Waals surface area (Å²) in [4.78, 5) is 11.7. The van der Waals surface area contributed by atoms with Crippen molar-refractivity contribution >= 4 is 11.8 Å². The summed E-state index contributed by atoms with van der Waals surface area (Å²) in [5.74, 6) is 0.488. The summed E-state index contributed by atoms with van der Waals surface area (Å²) in [6, 6.07) is 9.48. The van der Waals surface area contributed by atoms with Crippen molar-refractivity contribution in [1.29, 1.82) is 0 Å². The monoisotopic (exact) mass is 300 g/mol. The van der Waals surface area contributed by atoms with E-state index in [4.69, 9.17) is 5.11 Å². The van der Waals surface area contributed by atoms with Gasteiger partial charge in [-0.25, -0.2) is 9.48 Å². The number of aromatic nitrogens is 2. The average Bonchev–Trinajstić information content (AvgIpc) is 2.85. The fourth-order valence-electron chi connectivity index (χ4n) is 1.95. The Bertz CT molecular complexity index is 659. The van der Waals surface area contributed by atoms with Gasteiger partial charge in [-0.1, -0.05) is 29.8 Å². The SMILES string of the molecule is Cc1ccc(-n2nc(NC(=O)NC/C=C/CO)cc2C)cc1. The van der Waals surface area contributed by atoms with Gasteiger partial charge in [0, 0.05) is 18.3 Å². The molecule has 2 amide bonds. The number of nitrogens with one attached hydrogen (secondary N) is 2. The summed E-state index contributed by atoms with van der Waals surface area (Å²) in [5.41, 5.74) is 3.06. The van der Waals surface area contributed by atoms with Gasteiger partial charge in [-0.2, -0.15) is 0 Å². The molecule has 0 aliphatic rings. The van der Waals surface area contributed by atoms with Crippen molar-refractivity contribution < 1.29 is 9.90 Å². The van der Waals surface area contributed by atoms with E-state index in [1.807, 2.05) is 44.2 Å². The second kappa shape index (κ2) is 7.42.